The molecule has 0 radical (unpaired) electrons. The molecular weight excluding hydrogens is 707 g/mol. The van der Waals surface area contributed by atoms with Gasteiger partial charge in [-0.15, -0.1) is 0 Å². The molecule has 3 heterocycles. The van der Waals surface area contributed by atoms with Crippen molar-refractivity contribution in [3.63, 3.8) is 0 Å². The second-order valence-electron chi connectivity index (χ2n) is 13.8. The lowest BCUT2D eigenvalue weighted by atomic mass is 10.00. The molecule has 1 aliphatic rings. The van der Waals surface area contributed by atoms with Gasteiger partial charge in [0.2, 0.25) is 0 Å². The van der Waals surface area contributed by atoms with Gasteiger partial charge in [0, 0.05) is 53.2 Å². The monoisotopic (exact) mass is 737 g/mol. The van der Waals surface area contributed by atoms with Crippen LogP contribution in [0.2, 0.25) is 0 Å². The third-order valence-corrected chi connectivity index (χ3v) is 13.0. The van der Waals surface area contributed by atoms with Crippen LogP contribution >= 0.6 is 23.5 Å². The predicted molar refractivity (Wildman–Crippen MR) is 230 cm³/mol. The highest BCUT2D eigenvalue weighted by Gasteiger charge is 2.25. The number of fused-ring (bicyclic) bond motifs is 8. The molecule has 1 aliphatic heterocycles. The SMILES string of the molecule is c1ccc(-c2cc(-c3cccc(-c4cccc(-n5c6c7c(ccc6c6ccc8ccccc8c65)Sc5ccccc5S7)c4)c3)nc(-c3ccccc3)n2)cc1. The summed E-state index contributed by atoms with van der Waals surface area (Å²) in [5, 5.41) is 5.02. The molecule has 0 fully saturated rings. The molecule has 0 unspecified atom stereocenters. The van der Waals surface area contributed by atoms with Crippen molar-refractivity contribution in [2.75, 3.05) is 0 Å². The maximum absolute atomic E-state index is 5.13. The first-order valence-corrected chi connectivity index (χ1v) is 20.0. The summed E-state index contributed by atoms with van der Waals surface area (Å²) < 4.78 is 2.52. The third-order valence-electron chi connectivity index (χ3n) is 10.4. The van der Waals surface area contributed by atoms with E-state index in [1.54, 1.807) is 0 Å². The molecule has 0 saturated heterocycles. The van der Waals surface area contributed by atoms with Gasteiger partial charge in [-0.2, -0.15) is 0 Å². The van der Waals surface area contributed by atoms with E-state index < -0.39 is 0 Å². The molecule has 0 aliphatic carbocycles. The highest BCUT2D eigenvalue weighted by molar-refractivity contribution is 8.05. The fourth-order valence-electron chi connectivity index (χ4n) is 7.85. The average Bonchev–Trinajstić information content (AvgIpc) is 3.62. The van der Waals surface area contributed by atoms with E-state index in [1.807, 2.05) is 47.8 Å². The van der Waals surface area contributed by atoms with Crippen molar-refractivity contribution in [3.8, 4) is 50.7 Å². The van der Waals surface area contributed by atoms with Crippen LogP contribution in [0.5, 0.6) is 0 Å². The first-order valence-electron chi connectivity index (χ1n) is 18.4. The molecule has 10 aromatic rings. The van der Waals surface area contributed by atoms with E-state index in [2.05, 4.69) is 168 Å². The third kappa shape index (κ3) is 5.55. The van der Waals surface area contributed by atoms with Gasteiger partial charge in [0.1, 0.15) is 0 Å². The number of benzene rings is 8. The lowest BCUT2D eigenvalue weighted by molar-refractivity contribution is 1.11. The van der Waals surface area contributed by atoms with E-state index in [-0.39, 0.29) is 0 Å². The number of aromatic nitrogens is 3. The molecule has 0 spiro atoms. The first-order chi connectivity index (χ1) is 27.2. The van der Waals surface area contributed by atoms with E-state index in [9.17, 15) is 0 Å². The first kappa shape index (κ1) is 32.1. The summed E-state index contributed by atoms with van der Waals surface area (Å²) >= 11 is 3.76. The summed E-state index contributed by atoms with van der Waals surface area (Å²) in [7, 11) is 0. The standard InChI is InChI=1S/C50H31N3S2/c1-3-14-33(15-4-1)42-31-43(52-50(51-42)34-16-5-2-6-17-34)37-20-11-18-35(29-37)36-19-12-21-38(30-36)53-47-39-22-8-7-13-32(39)25-26-40(47)41-27-28-46-49(48(41)53)55-45-24-10-9-23-44(45)54-46/h1-31H. The zero-order chi connectivity index (χ0) is 36.3. The minimum atomic E-state index is 0.713. The number of rotatable bonds is 5. The van der Waals surface area contributed by atoms with Gasteiger partial charge in [0.05, 0.1) is 27.3 Å². The summed E-state index contributed by atoms with van der Waals surface area (Å²) in [4.78, 5) is 15.4. The molecular formula is C50H31N3S2. The van der Waals surface area contributed by atoms with Crippen LogP contribution in [-0.2, 0) is 0 Å². The largest absolute Gasteiger partial charge is 0.307 e. The molecule has 0 bridgehead atoms. The zero-order valence-electron chi connectivity index (χ0n) is 29.6. The van der Waals surface area contributed by atoms with Crippen molar-refractivity contribution in [2.45, 2.75) is 19.6 Å². The van der Waals surface area contributed by atoms with Gasteiger partial charge in [-0.3, -0.25) is 0 Å². The molecule has 8 aromatic carbocycles. The summed E-state index contributed by atoms with van der Waals surface area (Å²) in [6.07, 6.45) is 0. The van der Waals surface area contributed by atoms with E-state index in [0.29, 0.717) is 5.82 Å². The van der Waals surface area contributed by atoms with E-state index in [1.165, 1.54) is 52.2 Å². The van der Waals surface area contributed by atoms with Crippen LogP contribution in [0, 0.1) is 0 Å². The van der Waals surface area contributed by atoms with Crippen molar-refractivity contribution in [1.29, 1.82) is 0 Å². The summed E-state index contributed by atoms with van der Waals surface area (Å²) in [6.45, 7) is 0. The Morgan fingerprint density at radius 3 is 1.78 bits per heavy atom. The molecule has 55 heavy (non-hydrogen) atoms. The highest BCUT2D eigenvalue weighted by atomic mass is 32.2. The molecule has 0 atom stereocenters. The fourth-order valence-corrected chi connectivity index (χ4v) is 10.2. The Hall–Kier alpha value is -6.40. The molecule has 11 rings (SSSR count). The van der Waals surface area contributed by atoms with Gasteiger partial charge < -0.3 is 4.57 Å². The van der Waals surface area contributed by atoms with Crippen LogP contribution in [0.15, 0.2) is 208 Å². The van der Waals surface area contributed by atoms with Crippen LogP contribution in [0.25, 0.3) is 83.3 Å². The topological polar surface area (TPSA) is 30.7 Å². The van der Waals surface area contributed by atoms with Crippen LogP contribution in [0.1, 0.15) is 0 Å². The van der Waals surface area contributed by atoms with Crippen molar-refractivity contribution in [3.05, 3.63) is 188 Å². The van der Waals surface area contributed by atoms with Gasteiger partial charge in [0.15, 0.2) is 5.82 Å². The lowest BCUT2D eigenvalue weighted by Crippen LogP contribution is -1.98. The Balaban J connectivity index is 1.09. The Bertz CT molecular complexity index is 3040. The van der Waals surface area contributed by atoms with E-state index in [4.69, 9.17) is 9.97 Å². The Kier molecular flexibility index (Phi) is 7.68. The highest BCUT2D eigenvalue weighted by Crippen LogP contribution is 2.53. The van der Waals surface area contributed by atoms with Gasteiger partial charge >= 0.3 is 0 Å². The van der Waals surface area contributed by atoms with Crippen LogP contribution in [0.4, 0.5) is 0 Å². The van der Waals surface area contributed by atoms with Gasteiger partial charge in [-0.1, -0.05) is 169 Å². The zero-order valence-corrected chi connectivity index (χ0v) is 31.2. The second kappa shape index (κ2) is 13.2. The number of hydrogen-bond donors (Lipinski definition) is 0. The Labute approximate surface area is 327 Å². The smallest absolute Gasteiger partial charge is 0.160 e. The quantitative estimate of drug-likeness (QED) is 0.176. The van der Waals surface area contributed by atoms with Crippen LogP contribution in [-0.4, -0.2) is 14.5 Å². The normalized spacial score (nSPS) is 12.2. The van der Waals surface area contributed by atoms with Gasteiger partial charge in [0.25, 0.3) is 0 Å². The molecule has 5 heteroatoms. The average molecular weight is 738 g/mol. The minimum Gasteiger partial charge on any atom is -0.307 e. The molecule has 2 aromatic heterocycles. The Morgan fingerprint density at radius 1 is 0.364 bits per heavy atom. The number of nitrogens with zero attached hydrogens (tertiary/aromatic N) is 3. The minimum absolute atomic E-state index is 0.713. The maximum atomic E-state index is 5.13. The second-order valence-corrected chi connectivity index (χ2v) is 15.9. The summed E-state index contributed by atoms with van der Waals surface area (Å²) in [6, 6.07) is 67.2. The van der Waals surface area contributed by atoms with Crippen LogP contribution in [0.3, 0.4) is 0 Å². The maximum Gasteiger partial charge on any atom is 0.160 e. The molecule has 3 nitrogen and oxygen atoms in total. The van der Waals surface area contributed by atoms with E-state index >= 15 is 0 Å². The molecule has 0 amide bonds. The Morgan fingerprint density at radius 2 is 0.964 bits per heavy atom. The predicted octanol–water partition coefficient (Wildman–Crippen LogP) is 14.0. The van der Waals surface area contributed by atoms with Crippen LogP contribution < -0.4 is 0 Å². The summed E-state index contributed by atoms with van der Waals surface area (Å²) in [5.41, 5.74) is 10.8. The lowest BCUT2D eigenvalue weighted by Gasteiger charge is -2.20. The molecule has 0 N–H and O–H groups in total. The van der Waals surface area contributed by atoms with Gasteiger partial charge in [-0.05, 0) is 59.0 Å². The van der Waals surface area contributed by atoms with E-state index in [0.717, 1.165) is 44.9 Å². The fraction of sp³-hybridized carbons (Fsp3) is 0. The summed E-state index contributed by atoms with van der Waals surface area (Å²) in [5.74, 6) is 0.713. The molecule has 0 saturated carbocycles. The van der Waals surface area contributed by atoms with Crippen molar-refractivity contribution < 1.29 is 0 Å². The number of hydrogen-bond acceptors (Lipinski definition) is 4. The molecule has 258 valence electrons. The van der Waals surface area contributed by atoms with Crippen molar-refractivity contribution in [1.82, 2.24) is 14.5 Å². The van der Waals surface area contributed by atoms with Gasteiger partial charge in [-0.25, -0.2) is 9.97 Å². The van der Waals surface area contributed by atoms with Crippen molar-refractivity contribution >= 4 is 56.1 Å². The van der Waals surface area contributed by atoms with Crippen molar-refractivity contribution in [2.24, 2.45) is 0 Å².